The Morgan fingerprint density at radius 3 is 2.26 bits per heavy atom. The van der Waals surface area contributed by atoms with Crippen LogP contribution in [0.15, 0.2) is 114 Å². The molecule has 4 aromatic heterocycles. The Balaban J connectivity index is 0.000000187. The van der Waals surface area contributed by atoms with Gasteiger partial charge in [0.2, 0.25) is 5.71 Å². The molecule has 4 nitrogen and oxygen atoms in total. The van der Waals surface area contributed by atoms with E-state index in [-0.39, 0.29) is 25.5 Å². The van der Waals surface area contributed by atoms with Gasteiger partial charge >= 0.3 is 144 Å². The molecule has 1 fully saturated rings. The number of aromatic nitrogens is 3. The Morgan fingerprint density at radius 2 is 1.54 bits per heavy atom. The second-order valence-electron chi connectivity index (χ2n) is 16.9. The minimum Gasteiger partial charge on any atom is 0 e. The molecule has 0 N–H and O–H groups in total. The summed E-state index contributed by atoms with van der Waals surface area (Å²) in [6.45, 7) is 6.74. The number of fused-ring (bicyclic) bond motifs is 3. The Hall–Kier alpha value is -3.90. The summed E-state index contributed by atoms with van der Waals surface area (Å²) in [4.78, 5) is 14.2. The Labute approximate surface area is 338 Å². The molecule has 6 heteroatoms. The van der Waals surface area contributed by atoms with Crippen LogP contribution in [0.3, 0.4) is 0 Å². The molecule has 0 spiro atoms. The van der Waals surface area contributed by atoms with Gasteiger partial charge in [-0.3, -0.25) is 0 Å². The number of furan rings is 1. The molecule has 7 aromatic rings. The van der Waals surface area contributed by atoms with Crippen molar-refractivity contribution in [2.75, 3.05) is 0 Å². The molecule has 3 aromatic carbocycles. The molecule has 1 radical (unpaired) electrons. The molecular formula is C48H51GeIrN3O-2. The molecule has 1 aliphatic carbocycles. The largest absolute Gasteiger partial charge is 0 e. The summed E-state index contributed by atoms with van der Waals surface area (Å²) in [5.74, 6) is 8.32. The molecule has 54 heavy (non-hydrogen) atoms. The van der Waals surface area contributed by atoms with Crippen LogP contribution in [0.1, 0.15) is 64.0 Å². The average molecular weight is 951 g/mol. The van der Waals surface area contributed by atoms with E-state index in [1.807, 2.05) is 54.7 Å². The van der Waals surface area contributed by atoms with Crippen LogP contribution in [-0.4, -0.2) is 28.2 Å². The smallest absolute Gasteiger partial charge is 0 e. The normalized spacial score (nSPS) is 13.7. The molecule has 0 atom stereocenters. The zero-order valence-corrected chi connectivity index (χ0v) is 37.0. The zero-order valence-electron chi connectivity index (χ0n) is 32.5. The van der Waals surface area contributed by atoms with Gasteiger partial charge < -0.3 is 9.40 Å². The molecule has 0 bridgehead atoms. The summed E-state index contributed by atoms with van der Waals surface area (Å²) < 4.78 is 7.85. The van der Waals surface area contributed by atoms with Crippen LogP contribution in [-0.2, 0) is 32.9 Å². The Bertz CT molecular complexity index is 2300. The predicted molar refractivity (Wildman–Crippen MR) is 224 cm³/mol. The third kappa shape index (κ3) is 9.66. The van der Waals surface area contributed by atoms with Gasteiger partial charge in [-0.25, -0.2) is 4.98 Å². The fourth-order valence-electron chi connectivity index (χ4n) is 7.66. The van der Waals surface area contributed by atoms with Crippen LogP contribution in [0.4, 0.5) is 0 Å². The number of rotatable bonds is 7. The average Bonchev–Trinajstić information content (AvgIpc) is 3.53. The minimum atomic E-state index is -1.89. The molecule has 0 amide bonds. The molecule has 1 saturated carbocycles. The molecule has 0 unspecified atom stereocenters. The van der Waals surface area contributed by atoms with Gasteiger partial charge in [-0.1, -0.05) is 73.7 Å². The van der Waals surface area contributed by atoms with Crippen LogP contribution in [0.25, 0.3) is 55.8 Å². The van der Waals surface area contributed by atoms with Crippen LogP contribution in [0.5, 0.6) is 0 Å². The van der Waals surface area contributed by atoms with Gasteiger partial charge in [-0.05, 0) is 35.7 Å². The van der Waals surface area contributed by atoms with Crippen molar-refractivity contribution in [1.82, 2.24) is 15.0 Å². The fraction of sp³-hybridized carbons (Fsp3) is 0.312. The van der Waals surface area contributed by atoms with Crippen molar-refractivity contribution in [3.05, 3.63) is 133 Å². The first kappa shape index (κ1) is 39.8. The van der Waals surface area contributed by atoms with Gasteiger partial charge in [0.05, 0.1) is 11.3 Å². The van der Waals surface area contributed by atoms with E-state index >= 15 is 0 Å². The first-order valence-electron chi connectivity index (χ1n) is 19.2. The van der Waals surface area contributed by atoms with E-state index in [4.69, 9.17) is 14.4 Å². The zero-order chi connectivity index (χ0) is 37.0. The van der Waals surface area contributed by atoms with Crippen molar-refractivity contribution in [2.24, 2.45) is 11.3 Å². The summed E-state index contributed by atoms with van der Waals surface area (Å²) in [6, 6.07) is 39.7. The number of hydrogen-bond acceptors (Lipinski definition) is 4. The van der Waals surface area contributed by atoms with Crippen molar-refractivity contribution in [1.29, 1.82) is 0 Å². The van der Waals surface area contributed by atoms with Gasteiger partial charge in [0.15, 0.2) is 0 Å². The van der Waals surface area contributed by atoms with Crippen molar-refractivity contribution < 1.29 is 24.5 Å². The molecule has 1 aliphatic rings. The summed E-state index contributed by atoms with van der Waals surface area (Å²) in [6.07, 6.45) is 13.4. The second-order valence-corrected chi connectivity index (χ2v) is 27.4. The van der Waals surface area contributed by atoms with E-state index in [0.717, 1.165) is 62.5 Å². The molecule has 4 heterocycles. The van der Waals surface area contributed by atoms with Gasteiger partial charge in [-0.15, -0.1) is 18.2 Å². The van der Waals surface area contributed by atoms with Gasteiger partial charge in [0.1, 0.15) is 0 Å². The summed E-state index contributed by atoms with van der Waals surface area (Å²) in [5, 5.41) is 2.04. The third-order valence-electron chi connectivity index (χ3n) is 10.2. The van der Waals surface area contributed by atoms with Gasteiger partial charge in [-0.2, -0.15) is 0 Å². The Kier molecular flexibility index (Phi) is 12.7. The van der Waals surface area contributed by atoms with E-state index in [1.54, 1.807) is 9.96 Å². The molecule has 279 valence electrons. The second kappa shape index (κ2) is 17.3. The maximum absolute atomic E-state index is 6.26. The van der Waals surface area contributed by atoms with Gasteiger partial charge in [0, 0.05) is 37.3 Å². The quantitative estimate of drug-likeness (QED) is 0.118. The van der Waals surface area contributed by atoms with Crippen LogP contribution < -0.4 is 4.40 Å². The van der Waals surface area contributed by atoms with E-state index in [2.05, 4.69) is 110 Å². The summed E-state index contributed by atoms with van der Waals surface area (Å²) in [5.41, 5.74) is 10.4. The molecular weight excluding hydrogens is 899 g/mol. The van der Waals surface area contributed by atoms with Crippen molar-refractivity contribution >= 4 is 39.7 Å². The van der Waals surface area contributed by atoms with E-state index in [9.17, 15) is 0 Å². The SMILES string of the molecule is CC(C)(C)Cc1ccnc(-c2[c-]ccc3c2oc2nc(-c4ccccc4)ccc23)c1.[CH3][Ge]([CH3])([CH3])[c]1cnc(-c2[c-]cccc2)cc1CC1CCCCC1.[Ir]. The van der Waals surface area contributed by atoms with Crippen LogP contribution >= 0.6 is 0 Å². The fourth-order valence-corrected chi connectivity index (χ4v) is 11.0. The van der Waals surface area contributed by atoms with E-state index < -0.39 is 13.3 Å². The van der Waals surface area contributed by atoms with Crippen molar-refractivity contribution in [3.8, 4) is 33.8 Å². The predicted octanol–water partition coefficient (Wildman–Crippen LogP) is 12.3. The molecule has 0 saturated heterocycles. The maximum atomic E-state index is 6.26. The van der Waals surface area contributed by atoms with E-state index in [1.165, 1.54) is 44.1 Å². The summed E-state index contributed by atoms with van der Waals surface area (Å²) in [7, 11) is 0. The number of benzene rings is 3. The third-order valence-corrected chi connectivity index (χ3v) is 14.5. The molecule has 0 aliphatic heterocycles. The number of nitrogens with zero attached hydrogens (tertiary/aromatic N) is 3. The monoisotopic (exact) mass is 952 g/mol. The van der Waals surface area contributed by atoms with Crippen LogP contribution in [0.2, 0.25) is 17.3 Å². The first-order valence-corrected chi connectivity index (χ1v) is 26.6. The number of pyridine rings is 3. The topological polar surface area (TPSA) is 51.8 Å². The van der Waals surface area contributed by atoms with Crippen molar-refractivity contribution in [3.63, 3.8) is 0 Å². The molecule has 8 rings (SSSR count). The van der Waals surface area contributed by atoms with Crippen molar-refractivity contribution in [2.45, 2.75) is 83.0 Å². The summed E-state index contributed by atoms with van der Waals surface area (Å²) >= 11 is -1.89. The first-order chi connectivity index (χ1) is 25.5. The number of hydrogen-bond donors (Lipinski definition) is 0. The van der Waals surface area contributed by atoms with Crippen LogP contribution in [0, 0.1) is 23.5 Å². The standard InChI is InChI=1S/C27H23N2O.C21H28GeN.Ir/c1-27(2,3)17-18-14-15-28-24(16-18)22-11-7-10-20-21-12-13-23(19-8-5-4-6-9-19)29-26(21)30-25(20)22;1-22(2,3)20-16-23-21(18-12-8-5-9-13-18)15-19(20)14-17-10-6-4-7-11-17;/h4-10,12-16H,17H2,1-3H3;5,8-9,12,15-17H,4,6-7,10-11,14H2,1-3H3;/q2*-1;. The minimum absolute atomic E-state index is 0. The Morgan fingerprint density at radius 1 is 0.759 bits per heavy atom. The van der Waals surface area contributed by atoms with E-state index in [0.29, 0.717) is 5.71 Å². The maximum Gasteiger partial charge on any atom is 0 e. The van der Waals surface area contributed by atoms with Gasteiger partial charge in [0.25, 0.3) is 0 Å².